The van der Waals surface area contributed by atoms with Gasteiger partial charge in [0.1, 0.15) is 12.2 Å². The number of nitrogens with one attached hydrogen (secondary N) is 1. The van der Waals surface area contributed by atoms with E-state index in [0.717, 1.165) is 37.9 Å². The molecule has 208 valence electrons. The largest absolute Gasteiger partial charge is 0.490 e. The van der Waals surface area contributed by atoms with E-state index >= 15 is 0 Å². The van der Waals surface area contributed by atoms with Crippen LogP contribution in [0.15, 0.2) is 72.3 Å². The van der Waals surface area contributed by atoms with E-state index in [0.29, 0.717) is 29.4 Å². The van der Waals surface area contributed by atoms with Gasteiger partial charge in [0.2, 0.25) is 0 Å². The van der Waals surface area contributed by atoms with Gasteiger partial charge in [-0.05, 0) is 91.1 Å². The van der Waals surface area contributed by atoms with Crippen LogP contribution in [0.2, 0.25) is 5.02 Å². The molecule has 4 amide bonds. The summed E-state index contributed by atoms with van der Waals surface area (Å²) in [5.41, 5.74) is 4.66. The maximum absolute atomic E-state index is 13.4. The van der Waals surface area contributed by atoms with E-state index in [-0.39, 0.29) is 17.2 Å². The van der Waals surface area contributed by atoms with Gasteiger partial charge in [0, 0.05) is 5.56 Å². The molecule has 0 aromatic heterocycles. The predicted octanol–water partition coefficient (Wildman–Crippen LogP) is 7.06. The number of carbonyl (C=O) groups excluding carboxylic acids is 3. The zero-order valence-electron chi connectivity index (χ0n) is 23.2. The molecule has 1 aliphatic heterocycles. The molecule has 0 saturated carbocycles. The Balaban J connectivity index is 1.48. The smallest absolute Gasteiger partial charge is 0.335 e. The molecule has 0 bridgehead atoms. The van der Waals surface area contributed by atoms with E-state index in [2.05, 4.69) is 29.6 Å². The third-order valence-corrected chi connectivity index (χ3v) is 7.41. The number of barbiturate groups is 1. The van der Waals surface area contributed by atoms with Gasteiger partial charge in [-0.15, -0.1) is 0 Å². The van der Waals surface area contributed by atoms with Gasteiger partial charge in [-0.3, -0.25) is 14.9 Å². The molecule has 0 unspecified atom stereocenters. The van der Waals surface area contributed by atoms with Crippen LogP contribution in [0.25, 0.3) is 16.8 Å². The minimum absolute atomic E-state index is 0.207. The second-order valence-electron chi connectivity index (χ2n) is 9.86. The van der Waals surface area contributed by atoms with Crippen LogP contribution in [-0.4, -0.2) is 24.5 Å². The Bertz CT molecular complexity index is 1740. The maximum atomic E-state index is 13.4. The van der Waals surface area contributed by atoms with Crippen molar-refractivity contribution in [1.82, 2.24) is 5.32 Å². The van der Waals surface area contributed by atoms with Crippen LogP contribution in [-0.2, 0) is 16.2 Å². The third-order valence-electron chi connectivity index (χ3n) is 7.13. The fourth-order valence-electron chi connectivity index (χ4n) is 4.78. The minimum Gasteiger partial charge on any atom is -0.490 e. The van der Waals surface area contributed by atoms with E-state index < -0.39 is 17.8 Å². The first-order valence-electron chi connectivity index (χ1n) is 13.2. The van der Waals surface area contributed by atoms with E-state index in [4.69, 9.17) is 21.1 Å². The molecular weight excluding hydrogens is 540 g/mol. The molecule has 0 radical (unpaired) electrons. The molecule has 8 heteroatoms. The van der Waals surface area contributed by atoms with E-state index in [1.807, 2.05) is 45.9 Å². The van der Waals surface area contributed by atoms with Crippen molar-refractivity contribution in [1.29, 1.82) is 0 Å². The van der Waals surface area contributed by atoms with E-state index in [1.165, 1.54) is 6.08 Å². The Labute approximate surface area is 243 Å². The maximum Gasteiger partial charge on any atom is 0.335 e. The third kappa shape index (κ3) is 5.54. The Hall–Kier alpha value is -4.62. The fourth-order valence-corrected chi connectivity index (χ4v) is 5.05. The average Bonchev–Trinajstić information content (AvgIpc) is 2.93. The molecule has 0 spiro atoms. The van der Waals surface area contributed by atoms with E-state index in [9.17, 15) is 14.4 Å². The summed E-state index contributed by atoms with van der Waals surface area (Å²) in [6.07, 6.45) is 1.39. The molecule has 4 aromatic rings. The highest BCUT2D eigenvalue weighted by molar-refractivity contribution is 6.39. The first kappa shape index (κ1) is 27.9. The number of urea groups is 1. The van der Waals surface area contributed by atoms with Crippen molar-refractivity contribution >= 4 is 52.0 Å². The van der Waals surface area contributed by atoms with Gasteiger partial charge >= 0.3 is 6.03 Å². The summed E-state index contributed by atoms with van der Waals surface area (Å²) >= 11 is 6.68. The van der Waals surface area contributed by atoms with Crippen LogP contribution < -0.4 is 19.7 Å². The first-order valence-corrected chi connectivity index (χ1v) is 13.6. The van der Waals surface area contributed by atoms with Crippen molar-refractivity contribution in [2.75, 3.05) is 11.5 Å². The highest BCUT2D eigenvalue weighted by Crippen LogP contribution is 2.39. The van der Waals surface area contributed by atoms with Crippen LogP contribution in [0.3, 0.4) is 0 Å². The van der Waals surface area contributed by atoms with Gasteiger partial charge in [-0.1, -0.05) is 54.1 Å². The molecule has 0 aliphatic carbocycles. The van der Waals surface area contributed by atoms with Crippen LogP contribution in [0.4, 0.5) is 10.5 Å². The lowest BCUT2D eigenvalue weighted by Crippen LogP contribution is -2.54. The summed E-state index contributed by atoms with van der Waals surface area (Å²) in [7, 11) is 0. The summed E-state index contributed by atoms with van der Waals surface area (Å²) in [5, 5.41) is 4.71. The summed E-state index contributed by atoms with van der Waals surface area (Å²) in [4.78, 5) is 39.7. The monoisotopic (exact) mass is 568 g/mol. The molecule has 1 N–H and O–H groups in total. The quantitative estimate of drug-likeness (QED) is 0.190. The van der Waals surface area contributed by atoms with Crippen molar-refractivity contribution in [3.63, 3.8) is 0 Å². The van der Waals surface area contributed by atoms with Crippen molar-refractivity contribution in [2.45, 2.75) is 34.3 Å². The topological polar surface area (TPSA) is 84.9 Å². The predicted molar refractivity (Wildman–Crippen MR) is 161 cm³/mol. The van der Waals surface area contributed by atoms with Crippen molar-refractivity contribution < 1.29 is 23.9 Å². The number of hydrogen-bond donors (Lipinski definition) is 1. The summed E-state index contributed by atoms with van der Waals surface area (Å²) in [6, 6.07) is 19.9. The Kier molecular flexibility index (Phi) is 7.81. The van der Waals surface area contributed by atoms with Gasteiger partial charge in [-0.25, -0.2) is 9.69 Å². The average molecular weight is 569 g/mol. The summed E-state index contributed by atoms with van der Waals surface area (Å²) in [6.45, 7) is 8.29. The number of carbonyl (C=O) groups is 3. The molecule has 5 rings (SSSR count). The molecule has 1 fully saturated rings. The minimum atomic E-state index is -0.805. The number of halogens is 1. The summed E-state index contributed by atoms with van der Waals surface area (Å²) in [5.74, 6) is -0.798. The van der Waals surface area contributed by atoms with Crippen molar-refractivity contribution in [3.8, 4) is 11.5 Å². The first-order chi connectivity index (χ1) is 19.7. The molecule has 0 atom stereocenters. The van der Waals surface area contributed by atoms with E-state index in [1.54, 1.807) is 24.3 Å². The fraction of sp³-hybridized carbons (Fsp3) is 0.182. The Morgan fingerprint density at radius 3 is 2.39 bits per heavy atom. The number of hydrogen-bond acceptors (Lipinski definition) is 5. The normalized spacial score (nSPS) is 14.5. The van der Waals surface area contributed by atoms with Crippen LogP contribution >= 0.6 is 11.6 Å². The highest BCUT2D eigenvalue weighted by Gasteiger charge is 2.37. The molecular formula is C33H29ClN2O5. The molecule has 1 aliphatic rings. The lowest BCUT2D eigenvalue weighted by atomic mass is 10.0. The van der Waals surface area contributed by atoms with Gasteiger partial charge in [0.15, 0.2) is 11.5 Å². The molecule has 1 saturated heterocycles. The van der Waals surface area contributed by atoms with Crippen LogP contribution in [0.1, 0.15) is 34.7 Å². The van der Waals surface area contributed by atoms with Crippen LogP contribution in [0, 0.1) is 20.8 Å². The van der Waals surface area contributed by atoms with Crippen molar-refractivity contribution in [3.05, 3.63) is 105 Å². The molecule has 41 heavy (non-hydrogen) atoms. The number of nitrogens with zero attached hydrogens (tertiary/aromatic N) is 1. The lowest BCUT2D eigenvalue weighted by molar-refractivity contribution is -0.122. The number of amides is 4. The lowest BCUT2D eigenvalue weighted by Gasteiger charge is -2.27. The van der Waals surface area contributed by atoms with Gasteiger partial charge in [-0.2, -0.15) is 0 Å². The number of imide groups is 2. The second-order valence-corrected chi connectivity index (χ2v) is 10.3. The van der Waals surface area contributed by atoms with Crippen molar-refractivity contribution in [2.24, 2.45) is 0 Å². The molecule has 1 heterocycles. The zero-order valence-corrected chi connectivity index (χ0v) is 24.0. The van der Waals surface area contributed by atoms with Gasteiger partial charge < -0.3 is 9.47 Å². The van der Waals surface area contributed by atoms with Crippen LogP contribution in [0.5, 0.6) is 11.5 Å². The number of ether oxygens (including phenoxy) is 2. The SMILES string of the molecule is CCOc1cc(/C=C2\C(=O)NC(=O)N(c3ccc(C)c(C)c3)C2=O)cc(Cl)c1OCc1c(C)ccc2ccccc12. The number of rotatable bonds is 7. The molecule has 7 nitrogen and oxygen atoms in total. The number of benzene rings is 4. The standard InChI is InChI=1S/C33H29ClN2O5/c1-5-40-29-17-22(15-26-31(37)35-33(39)36(32(26)38)24-13-11-19(2)21(4)14-24)16-28(34)30(29)41-18-27-20(3)10-12-23-8-6-7-9-25(23)27/h6-17H,5,18H2,1-4H3,(H,35,37,39)/b26-15+. The zero-order chi connectivity index (χ0) is 29.3. The van der Waals surface area contributed by atoms with Gasteiger partial charge in [0.25, 0.3) is 11.8 Å². The van der Waals surface area contributed by atoms with Gasteiger partial charge in [0.05, 0.1) is 17.3 Å². The second kappa shape index (κ2) is 11.5. The highest BCUT2D eigenvalue weighted by atomic mass is 35.5. The summed E-state index contributed by atoms with van der Waals surface area (Å²) < 4.78 is 12.1. The Morgan fingerprint density at radius 2 is 1.63 bits per heavy atom. The number of anilines is 1. The Morgan fingerprint density at radius 1 is 0.878 bits per heavy atom. The number of fused-ring (bicyclic) bond motifs is 1. The number of aryl methyl sites for hydroxylation is 3. The molecule has 4 aromatic carbocycles.